The molecule has 10 heteroatoms. The average molecular weight is 399 g/mol. The molecule has 1 aromatic carbocycles. The van der Waals surface area contributed by atoms with E-state index in [1.807, 2.05) is 0 Å². The molecule has 1 heterocycles. The zero-order valence-electron chi connectivity index (χ0n) is 14.6. The average Bonchev–Trinajstić information content (AvgIpc) is 3.00. The highest BCUT2D eigenvalue weighted by Gasteiger charge is 2.15. The topological polar surface area (TPSA) is 97.6 Å². The number of amides is 2. The molecule has 0 saturated heterocycles. The maximum Gasteiger partial charge on any atom is 0.244 e. The van der Waals surface area contributed by atoms with Crippen LogP contribution in [0.25, 0.3) is 0 Å². The van der Waals surface area contributed by atoms with Crippen molar-refractivity contribution in [3.05, 3.63) is 34.9 Å². The van der Waals surface area contributed by atoms with Gasteiger partial charge in [0.2, 0.25) is 17.7 Å². The van der Waals surface area contributed by atoms with E-state index in [2.05, 4.69) is 15.5 Å². The molecule has 26 heavy (non-hydrogen) atoms. The first-order valence-electron chi connectivity index (χ1n) is 7.63. The Kier molecular flexibility index (Phi) is 7.28. The second-order valence-corrected chi connectivity index (χ2v) is 6.79. The molecule has 8 nitrogen and oxygen atoms in total. The molecule has 0 fully saturated rings. The molecule has 0 aliphatic rings. The maximum absolute atomic E-state index is 12.2. The fraction of sp³-hybridized carbons (Fsp3) is 0.375. The molecule has 140 valence electrons. The normalized spacial score (nSPS) is 10.5. The quantitative estimate of drug-likeness (QED) is 0.728. The van der Waals surface area contributed by atoms with Crippen LogP contribution in [-0.4, -0.2) is 53.3 Å². The van der Waals surface area contributed by atoms with E-state index in [9.17, 15) is 9.59 Å². The highest BCUT2D eigenvalue weighted by Crippen LogP contribution is 2.27. The van der Waals surface area contributed by atoms with Crippen molar-refractivity contribution in [1.29, 1.82) is 0 Å². The first kappa shape index (κ1) is 20.1. The molecular formula is C16H19ClN4O4S. The van der Waals surface area contributed by atoms with Crippen LogP contribution >= 0.6 is 23.4 Å². The molecule has 0 spiro atoms. The highest BCUT2D eigenvalue weighted by atomic mass is 35.5. The van der Waals surface area contributed by atoms with Gasteiger partial charge in [-0.3, -0.25) is 9.59 Å². The van der Waals surface area contributed by atoms with Crippen molar-refractivity contribution in [2.75, 3.05) is 31.8 Å². The van der Waals surface area contributed by atoms with Gasteiger partial charge in [0.1, 0.15) is 5.75 Å². The van der Waals surface area contributed by atoms with E-state index in [0.717, 1.165) is 0 Å². The fourth-order valence-corrected chi connectivity index (χ4v) is 2.98. The lowest BCUT2D eigenvalue weighted by Gasteiger charge is -2.17. The molecule has 1 aromatic heterocycles. The Morgan fingerprint density at radius 3 is 2.85 bits per heavy atom. The lowest BCUT2D eigenvalue weighted by Crippen LogP contribution is -2.36. The number of likely N-dealkylation sites (N-methyl/N-ethyl adjacent to an activating group) is 1. The summed E-state index contributed by atoms with van der Waals surface area (Å²) in [5.74, 6) is 1.65. The molecule has 1 N–H and O–H groups in total. The summed E-state index contributed by atoms with van der Waals surface area (Å²) in [7, 11) is 3.06. The number of anilines is 1. The number of nitrogens with one attached hydrogen (secondary N) is 1. The number of hydrogen-bond donors (Lipinski definition) is 1. The Morgan fingerprint density at radius 1 is 1.42 bits per heavy atom. The van der Waals surface area contributed by atoms with Gasteiger partial charge in [-0.05, 0) is 18.2 Å². The summed E-state index contributed by atoms with van der Waals surface area (Å²) in [6, 6.07) is 4.90. The number of carbonyl (C=O) groups is 2. The molecule has 2 amide bonds. The Morgan fingerprint density at radius 2 is 2.19 bits per heavy atom. The summed E-state index contributed by atoms with van der Waals surface area (Å²) >= 11 is 7.28. The van der Waals surface area contributed by atoms with Crippen molar-refractivity contribution in [2.45, 2.75) is 12.7 Å². The van der Waals surface area contributed by atoms with Crippen molar-refractivity contribution in [1.82, 2.24) is 15.0 Å². The number of carbonyl (C=O) groups excluding carboxylic acids is 2. The lowest BCUT2D eigenvalue weighted by atomic mass is 10.3. The summed E-state index contributed by atoms with van der Waals surface area (Å²) in [6.45, 7) is 1.62. The number of aryl methyl sites for hydroxylation is 1. The summed E-state index contributed by atoms with van der Waals surface area (Å²) in [6.07, 6.45) is 0. The zero-order chi connectivity index (χ0) is 19.1. The van der Waals surface area contributed by atoms with Crippen molar-refractivity contribution in [3.8, 4) is 5.75 Å². The smallest absolute Gasteiger partial charge is 0.244 e. The van der Waals surface area contributed by atoms with E-state index in [1.54, 1.807) is 32.2 Å². The standard InChI is InChI=1S/C16H19ClN4O4S/c1-10-18-14(20-25-10)8-26-9-16(23)21(2)7-15(22)19-12-6-11(17)4-5-13(12)24-3/h4-6H,7-9H2,1-3H3,(H,19,22). The third kappa shape index (κ3) is 5.92. The second kappa shape index (κ2) is 9.44. The molecule has 0 aliphatic heterocycles. The van der Waals surface area contributed by atoms with Gasteiger partial charge in [0.05, 0.1) is 30.8 Å². The van der Waals surface area contributed by atoms with Crippen molar-refractivity contribution < 1.29 is 18.8 Å². The van der Waals surface area contributed by atoms with E-state index >= 15 is 0 Å². The van der Waals surface area contributed by atoms with E-state index < -0.39 is 0 Å². The van der Waals surface area contributed by atoms with Crippen LogP contribution in [0.1, 0.15) is 11.7 Å². The van der Waals surface area contributed by atoms with E-state index in [1.165, 1.54) is 23.8 Å². The predicted molar refractivity (Wildman–Crippen MR) is 99.5 cm³/mol. The maximum atomic E-state index is 12.2. The van der Waals surface area contributed by atoms with Crippen LogP contribution in [0.3, 0.4) is 0 Å². The molecule has 0 unspecified atom stereocenters. The number of benzene rings is 1. The van der Waals surface area contributed by atoms with E-state index in [0.29, 0.717) is 33.9 Å². The number of nitrogens with zero attached hydrogens (tertiary/aromatic N) is 3. The number of halogens is 1. The van der Waals surface area contributed by atoms with Gasteiger partial charge in [0.25, 0.3) is 0 Å². The molecule has 0 aliphatic carbocycles. The fourth-order valence-electron chi connectivity index (χ4n) is 2.01. The summed E-state index contributed by atoms with van der Waals surface area (Å²) in [5.41, 5.74) is 0.452. The van der Waals surface area contributed by atoms with Crippen LogP contribution in [0.2, 0.25) is 5.02 Å². The molecule has 0 bridgehead atoms. The van der Waals surface area contributed by atoms with Crippen LogP contribution in [0.5, 0.6) is 5.75 Å². The van der Waals surface area contributed by atoms with Crippen molar-refractivity contribution in [2.24, 2.45) is 0 Å². The third-order valence-corrected chi connectivity index (χ3v) is 4.42. The minimum absolute atomic E-state index is 0.0869. The van der Waals surface area contributed by atoms with Crippen molar-refractivity contribution >= 4 is 40.9 Å². The summed E-state index contributed by atoms with van der Waals surface area (Å²) < 4.78 is 10.0. The molecule has 0 radical (unpaired) electrons. The third-order valence-electron chi connectivity index (χ3n) is 3.27. The van der Waals surface area contributed by atoms with Gasteiger partial charge in [-0.15, -0.1) is 11.8 Å². The molecule has 0 atom stereocenters. The number of rotatable bonds is 8. The Hall–Kier alpha value is -2.26. The SMILES string of the molecule is COc1ccc(Cl)cc1NC(=O)CN(C)C(=O)CSCc1noc(C)n1. The molecular weight excluding hydrogens is 380 g/mol. The van der Waals surface area contributed by atoms with E-state index in [-0.39, 0.29) is 24.1 Å². The van der Waals surface area contributed by atoms with Crippen molar-refractivity contribution in [3.63, 3.8) is 0 Å². The first-order valence-corrected chi connectivity index (χ1v) is 9.16. The Balaban J connectivity index is 1.80. The number of hydrogen-bond acceptors (Lipinski definition) is 7. The van der Waals surface area contributed by atoms with Crippen LogP contribution in [0.4, 0.5) is 5.69 Å². The van der Waals surface area contributed by atoms with Gasteiger partial charge < -0.3 is 19.5 Å². The van der Waals surface area contributed by atoms with Gasteiger partial charge in [0, 0.05) is 19.0 Å². The molecule has 0 saturated carbocycles. The second-order valence-electron chi connectivity index (χ2n) is 5.37. The van der Waals surface area contributed by atoms with Gasteiger partial charge in [-0.1, -0.05) is 16.8 Å². The van der Waals surface area contributed by atoms with Gasteiger partial charge >= 0.3 is 0 Å². The highest BCUT2D eigenvalue weighted by molar-refractivity contribution is 7.99. The molecule has 2 rings (SSSR count). The van der Waals surface area contributed by atoms with Crippen LogP contribution in [0.15, 0.2) is 22.7 Å². The predicted octanol–water partition coefficient (Wildman–Crippen LogP) is 2.37. The number of aromatic nitrogens is 2. The zero-order valence-corrected chi connectivity index (χ0v) is 16.2. The lowest BCUT2D eigenvalue weighted by molar-refractivity contribution is -0.131. The van der Waals surface area contributed by atoms with E-state index in [4.69, 9.17) is 20.9 Å². The largest absolute Gasteiger partial charge is 0.495 e. The van der Waals surface area contributed by atoms with Gasteiger partial charge in [-0.2, -0.15) is 4.98 Å². The summed E-state index contributed by atoms with van der Waals surface area (Å²) in [5, 5.41) is 6.92. The van der Waals surface area contributed by atoms with Crippen LogP contribution in [-0.2, 0) is 15.3 Å². The van der Waals surface area contributed by atoms with Gasteiger partial charge in [-0.25, -0.2) is 0 Å². The van der Waals surface area contributed by atoms with Gasteiger partial charge in [0.15, 0.2) is 5.82 Å². The molecule has 2 aromatic rings. The monoisotopic (exact) mass is 398 g/mol. The van der Waals surface area contributed by atoms with Crippen LogP contribution in [0, 0.1) is 6.92 Å². The Labute approximate surface area is 160 Å². The Bertz CT molecular complexity index is 783. The minimum atomic E-state index is -0.347. The number of ether oxygens (including phenoxy) is 1. The first-order chi connectivity index (χ1) is 12.4. The number of methoxy groups -OCH3 is 1. The van der Waals surface area contributed by atoms with Crippen LogP contribution < -0.4 is 10.1 Å². The summed E-state index contributed by atoms with van der Waals surface area (Å²) in [4.78, 5) is 29.7. The number of thioether (sulfide) groups is 1. The minimum Gasteiger partial charge on any atom is -0.495 e.